The number of aromatic carboxylic acids is 1. The van der Waals surface area contributed by atoms with Crippen LogP contribution >= 0.6 is 24.0 Å². The van der Waals surface area contributed by atoms with Crippen LogP contribution in [0.4, 0.5) is 5.69 Å². The molecule has 2 N–H and O–H groups in total. The van der Waals surface area contributed by atoms with Crippen LogP contribution in [0.25, 0.3) is 17.2 Å². The van der Waals surface area contributed by atoms with Gasteiger partial charge in [-0.05, 0) is 65.7 Å². The van der Waals surface area contributed by atoms with Crippen LogP contribution in [-0.2, 0) is 14.3 Å². The number of rotatable bonds is 13. The van der Waals surface area contributed by atoms with Crippen LogP contribution in [-0.4, -0.2) is 97.2 Å². The number of thiocarbonyl (C=S) groups is 1. The van der Waals surface area contributed by atoms with Crippen LogP contribution in [0, 0.1) is 0 Å². The number of nitrogens with zero attached hydrogens (tertiary/aromatic N) is 2. The van der Waals surface area contributed by atoms with E-state index in [4.69, 9.17) is 36.3 Å². The molecule has 0 bridgehead atoms. The number of carboxylic acids is 1. The highest BCUT2D eigenvalue weighted by Gasteiger charge is 2.32. The summed E-state index contributed by atoms with van der Waals surface area (Å²) in [5.74, 6) is 0.164. The summed E-state index contributed by atoms with van der Waals surface area (Å²) in [6.45, 7) is 4.41. The van der Waals surface area contributed by atoms with Crippen molar-refractivity contribution in [2.45, 2.75) is 6.42 Å². The lowest BCUT2D eigenvalue weighted by Crippen LogP contribution is -2.38. The third-order valence-corrected chi connectivity index (χ3v) is 9.01. The number of carbonyl (C=O) groups is 3. The van der Waals surface area contributed by atoms with Crippen LogP contribution in [0.3, 0.4) is 0 Å². The van der Waals surface area contributed by atoms with Gasteiger partial charge in [-0.1, -0.05) is 36.1 Å². The van der Waals surface area contributed by atoms with Crippen molar-refractivity contribution >= 4 is 57.8 Å². The fourth-order valence-electron chi connectivity index (χ4n) is 5.06. The molecule has 5 rings (SSSR count). The zero-order chi connectivity index (χ0) is 33.3. The molecule has 2 amide bonds. The van der Waals surface area contributed by atoms with E-state index < -0.39 is 5.97 Å². The summed E-state index contributed by atoms with van der Waals surface area (Å²) < 4.78 is 22.9. The second-order valence-electron chi connectivity index (χ2n) is 10.6. The molecule has 2 heterocycles. The number of morpholine rings is 1. The first kappa shape index (κ1) is 33.9. The third-order valence-electron chi connectivity index (χ3n) is 7.63. The highest BCUT2D eigenvalue weighted by Crippen LogP contribution is 2.37. The lowest BCUT2D eigenvalue weighted by molar-refractivity contribution is -0.122. The molecule has 13 heteroatoms. The Kier molecular flexibility index (Phi) is 11.5. The van der Waals surface area contributed by atoms with Gasteiger partial charge in [0.1, 0.15) is 16.7 Å². The number of anilines is 1. The molecule has 11 nitrogen and oxygen atoms in total. The van der Waals surface area contributed by atoms with E-state index in [1.54, 1.807) is 20.3 Å². The van der Waals surface area contributed by atoms with E-state index in [2.05, 4.69) is 10.2 Å². The second kappa shape index (κ2) is 15.9. The quantitative estimate of drug-likeness (QED) is 0.187. The van der Waals surface area contributed by atoms with Gasteiger partial charge in [0, 0.05) is 43.9 Å². The standard InChI is InChI=1S/C34H35N3O8S2/c1-42-28-10-6-24(20-29(28)43-2)23-5-9-27(45-18-15-36-13-16-44-17-14-36)25(19-23)21-30-32(39)37(34(46)47-30)12-11-31(38)35-26-7-3-22(4-8-26)33(40)41/h3-10,19-21H,11-18H2,1-2H3,(H,35,38)(H,40,41). The summed E-state index contributed by atoms with van der Waals surface area (Å²) >= 11 is 6.70. The summed E-state index contributed by atoms with van der Waals surface area (Å²) in [7, 11) is 3.17. The van der Waals surface area contributed by atoms with Crippen LogP contribution in [0.5, 0.6) is 17.2 Å². The number of nitrogens with one attached hydrogen (secondary N) is 1. The van der Waals surface area contributed by atoms with Gasteiger partial charge >= 0.3 is 5.97 Å². The third kappa shape index (κ3) is 8.69. The predicted octanol–water partition coefficient (Wildman–Crippen LogP) is 5.01. The monoisotopic (exact) mass is 677 g/mol. The highest BCUT2D eigenvalue weighted by molar-refractivity contribution is 8.26. The SMILES string of the molecule is COc1ccc(-c2ccc(OCCN3CCOCC3)c(C=C3SC(=S)N(CCC(=O)Nc4ccc(C(=O)O)cc4)C3=O)c2)cc1OC. The average molecular weight is 678 g/mol. The molecule has 0 radical (unpaired) electrons. The molecule has 0 aromatic heterocycles. The number of carbonyl (C=O) groups excluding carboxylic acids is 2. The Balaban J connectivity index is 1.32. The summed E-state index contributed by atoms with van der Waals surface area (Å²) in [6, 6.07) is 17.3. The van der Waals surface area contributed by atoms with Crippen molar-refractivity contribution in [3.05, 3.63) is 76.7 Å². The van der Waals surface area contributed by atoms with Gasteiger partial charge in [0.05, 0.1) is 37.9 Å². The van der Waals surface area contributed by atoms with Gasteiger partial charge in [-0.25, -0.2) is 4.79 Å². The number of benzene rings is 3. The van der Waals surface area contributed by atoms with Crippen molar-refractivity contribution in [3.8, 4) is 28.4 Å². The second-order valence-corrected chi connectivity index (χ2v) is 12.3. The summed E-state index contributed by atoms with van der Waals surface area (Å²) in [6.07, 6.45) is 1.78. The van der Waals surface area contributed by atoms with E-state index in [-0.39, 0.29) is 30.3 Å². The average Bonchev–Trinajstić information content (AvgIpc) is 3.35. The Morgan fingerprint density at radius 3 is 2.32 bits per heavy atom. The van der Waals surface area contributed by atoms with E-state index in [0.29, 0.717) is 57.5 Å². The normalized spacial score (nSPS) is 16.0. The lowest BCUT2D eigenvalue weighted by Gasteiger charge is -2.26. The van der Waals surface area contributed by atoms with Gasteiger partial charge in [-0.2, -0.15) is 0 Å². The molecule has 2 aliphatic heterocycles. The van der Waals surface area contributed by atoms with E-state index in [1.165, 1.54) is 40.9 Å². The van der Waals surface area contributed by atoms with Crippen LogP contribution < -0.4 is 19.5 Å². The number of carboxylic acid groups (broad SMARTS) is 1. The smallest absolute Gasteiger partial charge is 0.335 e. The minimum atomic E-state index is -1.05. The summed E-state index contributed by atoms with van der Waals surface area (Å²) in [5.41, 5.74) is 3.07. The molecule has 2 fully saturated rings. The van der Waals surface area contributed by atoms with Crippen molar-refractivity contribution < 1.29 is 38.4 Å². The molecule has 246 valence electrons. The van der Waals surface area contributed by atoms with E-state index >= 15 is 0 Å². The van der Waals surface area contributed by atoms with Crippen molar-refractivity contribution in [1.29, 1.82) is 0 Å². The fraction of sp³-hybridized carbons (Fsp3) is 0.294. The molecular formula is C34H35N3O8S2. The van der Waals surface area contributed by atoms with Gasteiger partial charge in [0.15, 0.2) is 11.5 Å². The molecule has 3 aromatic carbocycles. The fourth-order valence-corrected chi connectivity index (χ4v) is 6.36. The Labute approximate surface area is 282 Å². The summed E-state index contributed by atoms with van der Waals surface area (Å²) in [4.78, 5) is 41.3. The topological polar surface area (TPSA) is 127 Å². The van der Waals surface area contributed by atoms with Crippen molar-refractivity contribution in [1.82, 2.24) is 9.80 Å². The van der Waals surface area contributed by atoms with Crippen LogP contribution in [0.15, 0.2) is 65.6 Å². The van der Waals surface area contributed by atoms with Gasteiger partial charge in [-0.3, -0.25) is 19.4 Å². The van der Waals surface area contributed by atoms with E-state index in [9.17, 15) is 14.4 Å². The molecule has 0 atom stereocenters. The number of thioether (sulfide) groups is 1. The highest BCUT2D eigenvalue weighted by atomic mass is 32.2. The zero-order valence-corrected chi connectivity index (χ0v) is 27.7. The molecule has 0 unspecified atom stereocenters. The van der Waals surface area contributed by atoms with Crippen molar-refractivity contribution in [2.24, 2.45) is 0 Å². The Morgan fingerprint density at radius 2 is 1.64 bits per heavy atom. The van der Waals surface area contributed by atoms with Crippen molar-refractivity contribution in [3.63, 3.8) is 0 Å². The number of hydrogen-bond donors (Lipinski definition) is 2. The maximum atomic E-state index is 13.5. The number of ether oxygens (including phenoxy) is 4. The minimum Gasteiger partial charge on any atom is -0.493 e. The molecule has 0 saturated carbocycles. The van der Waals surface area contributed by atoms with E-state index in [1.807, 2.05) is 36.4 Å². The first-order valence-corrected chi connectivity index (χ1v) is 16.2. The predicted molar refractivity (Wildman–Crippen MR) is 184 cm³/mol. The Hall–Kier alpha value is -4.43. The molecule has 0 aliphatic carbocycles. The van der Waals surface area contributed by atoms with Gasteiger partial charge in [0.25, 0.3) is 5.91 Å². The Bertz CT molecular complexity index is 1670. The van der Waals surface area contributed by atoms with Gasteiger partial charge in [0.2, 0.25) is 5.91 Å². The molecule has 3 aromatic rings. The van der Waals surface area contributed by atoms with Gasteiger partial charge < -0.3 is 29.4 Å². The lowest BCUT2D eigenvalue weighted by atomic mass is 10.0. The summed E-state index contributed by atoms with van der Waals surface area (Å²) in [5, 5.41) is 11.8. The number of methoxy groups -OCH3 is 2. The molecule has 2 saturated heterocycles. The first-order valence-electron chi connectivity index (χ1n) is 14.9. The molecular weight excluding hydrogens is 643 g/mol. The zero-order valence-electron chi connectivity index (χ0n) is 26.0. The van der Waals surface area contributed by atoms with Crippen LogP contribution in [0.1, 0.15) is 22.3 Å². The number of hydrogen-bond acceptors (Lipinski definition) is 10. The Morgan fingerprint density at radius 1 is 0.957 bits per heavy atom. The minimum absolute atomic E-state index is 0.00505. The van der Waals surface area contributed by atoms with E-state index in [0.717, 1.165) is 30.8 Å². The number of amides is 2. The van der Waals surface area contributed by atoms with Gasteiger partial charge in [-0.15, -0.1) is 0 Å². The molecule has 47 heavy (non-hydrogen) atoms. The van der Waals surface area contributed by atoms with Crippen LogP contribution in [0.2, 0.25) is 0 Å². The maximum Gasteiger partial charge on any atom is 0.335 e. The first-order chi connectivity index (χ1) is 22.7. The molecule has 0 spiro atoms. The van der Waals surface area contributed by atoms with Crippen molar-refractivity contribution in [2.75, 3.05) is 65.5 Å². The molecule has 2 aliphatic rings. The largest absolute Gasteiger partial charge is 0.493 e. The maximum absolute atomic E-state index is 13.5.